The molecule has 0 aliphatic carbocycles. The van der Waals surface area contributed by atoms with Gasteiger partial charge in [0, 0.05) is 0 Å². The van der Waals surface area contributed by atoms with Crippen LogP contribution in [-0.4, -0.2) is 7.11 Å². The molecule has 0 N–H and O–H groups in total. The second kappa shape index (κ2) is 8.02. The number of hydrogen-bond donors (Lipinski definition) is 0. The lowest BCUT2D eigenvalue weighted by Gasteiger charge is -1.88. The predicted molar refractivity (Wildman–Crippen MR) is 46.8 cm³/mol. The normalized spacial score (nSPS) is 6.70. The van der Waals surface area contributed by atoms with E-state index in [1.54, 1.807) is 20.1 Å². The maximum absolute atomic E-state index is 4.56. The van der Waals surface area contributed by atoms with Crippen LogP contribution in [0.25, 0.3) is 0 Å². The Hall–Kier alpha value is -0.980. The lowest BCUT2D eigenvalue weighted by atomic mass is 10.4. The zero-order valence-electron chi connectivity index (χ0n) is 7.11. The molecule has 0 atom stereocenters. The molecule has 0 amide bonds. The van der Waals surface area contributed by atoms with E-state index in [1.807, 2.05) is 6.92 Å². The minimum absolute atomic E-state index is 0.755. The van der Waals surface area contributed by atoms with Crippen molar-refractivity contribution in [3.8, 4) is 0 Å². The summed E-state index contributed by atoms with van der Waals surface area (Å²) < 4.78 is 4.56. The Morgan fingerprint density at radius 2 is 1.50 bits per heavy atom. The Morgan fingerprint density at radius 1 is 1.30 bits per heavy atom. The molecule has 0 aromatic carbocycles. The summed E-state index contributed by atoms with van der Waals surface area (Å²) in [4.78, 5) is 0. The third-order valence-corrected chi connectivity index (χ3v) is 0.697. The molecule has 0 aromatic rings. The molecule has 58 valence electrons. The standard InChI is InChI=1S/C5H8.C4H8O/c1-4-5(2)3;1-4(2)5-3/h4H,1-2H2,3H3;1H2,2-3H3. The van der Waals surface area contributed by atoms with Gasteiger partial charge in [-0.15, -0.1) is 0 Å². The van der Waals surface area contributed by atoms with Crippen LogP contribution in [0.1, 0.15) is 13.8 Å². The van der Waals surface area contributed by atoms with Crippen LogP contribution in [0.3, 0.4) is 0 Å². The Balaban J connectivity index is 0. The molecule has 0 spiro atoms. The zero-order valence-corrected chi connectivity index (χ0v) is 7.11. The summed E-state index contributed by atoms with van der Waals surface area (Å²) in [5.41, 5.74) is 1.02. The summed E-state index contributed by atoms with van der Waals surface area (Å²) in [5, 5.41) is 0. The van der Waals surface area contributed by atoms with E-state index in [2.05, 4.69) is 24.5 Å². The third-order valence-electron chi connectivity index (χ3n) is 0.697. The first-order valence-electron chi connectivity index (χ1n) is 3.02. The SMILES string of the molecule is C=C(C)OC.C=CC(=C)C. The van der Waals surface area contributed by atoms with Gasteiger partial charge in [0.25, 0.3) is 0 Å². The van der Waals surface area contributed by atoms with Crippen LogP contribution < -0.4 is 0 Å². The Labute approximate surface area is 63.7 Å². The molecule has 10 heavy (non-hydrogen) atoms. The maximum Gasteiger partial charge on any atom is 0.0853 e. The van der Waals surface area contributed by atoms with Crippen molar-refractivity contribution in [3.63, 3.8) is 0 Å². The number of methoxy groups -OCH3 is 1. The fourth-order valence-corrected chi connectivity index (χ4v) is 0. The van der Waals surface area contributed by atoms with Crippen LogP contribution in [0.15, 0.2) is 37.1 Å². The minimum Gasteiger partial charge on any atom is -0.502 e. The molecule has 0 radical (unpaired) electrons. The maximum atomic E-state index is 4.56. The molecule has 0 unspecified atom stereocenters. The second-order valence-corrected chi connectivity index (χ2v) is 1.96. The van der Waals surface area contributed by atoms with Crippen molar-refractivity contribution >= 4 is 0 Å². The Kier molecular flexibility index (Phi) is 9.44. The highest BCUT2D eigenvalue weighted by atomic mass is 16.5. The number of ether oxygens (including phenoxy) is 1. The predicted octanol–water partition coefficient (Wildman–Crippen LogP) is 2.91. The number of allylic oxidation sites excluding steroid dienone is 3. The molecule has 0 rings (SSSR count). The molecule has 0 heterocycles. The van der Waals surface area contributed by atoms with Crippen LogP contribution in [0.5, 0.6) is 0 Å². The highest BCUT2D eigenvalue weighted by Crippen LogP contribution is 1.81. The highest BCUT2D eigenvalue weighted by Gasteiger charge is 1.65. The highest BCUT2D eigenvalue weighted by molar-refractivity contribution is 5.05. The van der Waals surface area contributed by atoms with Gasteiger partial charge in [0.05, 0.1) is 12.9 Å². The largest absolute Gasteiger partial charge is 0.502 e. The van der Waals surface area contributed by atoms with Gasteiger partial charge in [0.15, 0.2) is 0 Å². The third kappa shape index (κ3) is 27.9. The average Bonchev–Trinajstić information content (AvgIpc) is 1.89. The van der Waals surface area contributed by atoms with Crippen molar-refractivity contribution in [1.82, 2.24) is 0 Å². The smallest absolute Gasteiger partial charge is 0.0853 e. The van der Waals surface area contributed by atoms with E-state index in [1.165, 1.54) is 0 Å². The van der Waals surface area contributed by atoms with E-state index in [0.717, 1.165) is 11.3 Å². The van der Waals surface area contributed by atoms with Gasteiger partial charge in [-0.05, 0) is 13.8 Å². The summed E-state index contributed by atoms with van der Waals surface area (Å²) in [7, 11) is 1.60. The number of rotatable bonds is 2. The van der Waals surface area contributed by atoms with Gasteiger partial charge in [-0.1, -0.05) is 31.4 Å². The van der Waals surface area contributed by atoms with E-state index >= 15 is 0 Å². The summed E-state index contributed by atoms with van der Waals surface area (Å²) in [5.74, 6) is 0.755. The molecule has 0 fully saturated rings. The van der Waals surface area contributed by atoms with Crippen molar-refractivity contribution in [2.75, 3.05) is 7.11 Å². The minimum atomic E-state index is 0.755. The van der Waals surface area contributed by atoms with Crippen molar-refractivity contribution < 1.29 is 4.74 Å². The molecule has 0 aliphatic heterocycles. The van der Waals surface area contributed by atoms with Gasteiger partial charge >= 0.3 is 0 Å². The van der Waals surface area contributed by atoms with Crippen LogP contribution in [0.4, 0.5) is 0 Å². The van der Waals surface area contributed by atoms with E-state index < -0.39 is 0 Å². The fourth-order valence-electron chi connectivity index (χ4n) is 0. The number of hydrogen-bond acceptors (Lipinski definition) is 1. The van der Waals surface area contributed by atoms with Gasteiger partial charge in [-0.3, -0.25) is 0 Å². The molecule has 0 aromatic heterocycles. The lowest BCUT2D eigenvalue weighted by Crippen LogP contribution is -1.70. The first-order valence-corrected chi connectivity index (χ1v) is 3.02. The zero-order chi connectivity index (χ0) is 8.57. The molecule has 1 heteroatoms. The van der Waals surface area contributed by atoms with E-state index in [0.29, 0.717) is 0 Å². The topological polar surface area (TPSA) is 9.23 Å². The first kappa shape index (κ1) is 11.8. The van der Waals surface area contributed by atoms with Crippen LogP contribution in [0, 0.1) is 0 Å². The van der Waals surface area contributed by atoms with Gasteiger partial charge in [-0.2, -0.15) is 0 Å². The monoisotopic (exact) mass is 140 g/mol. The molecular formula is C9H16O. The summed E-state index contributed by atoms with van der Waals surface area (Å²) in [6.45, 7) is 14.2. The Bertz CT molecular complexity index is 123. The second-order valence-electron chi connectivity index (χ2n) is 1.96. The lowest BCUT2D eigenvalue weighted by molar-refractivity contribution is 0.295. The van der Waals surface area contributed by atoms with Crippen LogP contribution in [0.2, 0.25) is 0 Å². The summed E-state index contributed by atoms with van der Waals surface area (Å²) in [6, 6.07) is 0. The molecule has 0 saturated carbocycles. The molecule has 0 bridgehead atoms. The molecule has 0 aliphatic rings. The van der Waals surface area contributed by atoms with Gasteiger partial charge in [0.2, 0.25) is 0 Å². The van der Waals surface area contributed by atoms with Gasteiger partial charge in [-0.25, -0.2) is 0 Å². The van der Waals surface area contributed by atoms with Crippen LogP contribution >= 0.6 is 0 Å². The van der Waals surface area contributed by atoms with E-state index in [4.69, 9.17) is 0 Å². The van der Waals surface area contributed by atoms with Gasteiger partial charge in [0.1, 0.15) is 0 Å². The van der Waals surface area contributed by atoms with E-state index in [9.17, 15) is 0 Å². The van der Waals surface area contributed by atoms with Gasteiger partial charge < -0.3 is 4.74 Å². The summed E-state index contributed by atoms with van der Waals surface area (Å²) in [6.07, 6.45) is 1.72. The molecule has 1 nitrogen and oxygen atoms in total. The van der Waals surface area contributed by atoms with Crippen molar-refractivity contribution in [1.29, 1.82) is 0 Å². The molecule has 0 saturated heterocycles. The average molecular weight is 140 g/mol. The molecular weight excluding hydrogens is 124 g/mol. The fraction of sp³-hybridized carbons (Fsp3) is 0.333. The van der Waals surface area contributed by atoms with Crippen molar-refractivity contribution in [3.05, 3.63) is 37.1 Å². The quantitative estimate of drug-likeness (QED) is 0.423. The van der Waals surface area contributed by atoms with Crippen molar-refractivity contribution in [2.24, 2.45) is 0 Å². The summed E-state index contributed by atoms with van der Waals surface area (Å²) >= 11 is 0. The van der Waals surface area contributed by atoms with E-state index in [-0.39, 0.29) is 0 Å². The van der Waals surface area contributed by atoms with Crippen molar-refractivity contribution in [2.45, 2.75) is 13.8 Å². The Morgan fingerprint density at radius 3 is 1.50 bits per heavy atom. The van der Waals surface area contributed by atoms with Crippen LogP contribution in [-0.2, 0) is 4.74 Å². The first-order chi connectivity index (χ1) is 4.54.